The molecular weight excluding hydrogens is 258 g/mol. The van der Waals surface area contributed by atoms with Gasteiger partial charge in [-0.1, -0.05) is 0 Å². The van der Waals surface area contributed by atoms with Gasteiger partial charge in [-0.25, -0.2) is 4.98 Å². The van der Waals surface area contributed by atoms with Crippen LogP contribution in [0.1, 0.15) is 35.6 Å². The van der Waals surface area contributed by atoms with E-state index in [2.05, 4.69) is 9.97 Å². The summed E-state index contributed by atoms with van der Waals surface area (Å²) in [6.07, 6.45) is 5.98. The second-order valence-electron chi connectivity index (χ2n) is 4.89. The molecule has 0 amide bonds. The molecule has 0 fully saturated rings. The molecule has 0 saturated heterocycles. The second kappa shape index (κ2) is 4.96. The van der Waals surface area contributed by atoms with Gasteiger partial charge < -0.3 is 9.72 Å². The molecule has 104 valence electrons. The summed E-state index contributed by atoms with van der Waals surface area (Å²) in [5.41, 5.74) is 2.88. The minimum Gasteiger partial charge on any atom is -0.496 e. The van der Waals surface area contributed by atoms with Crippen molar-refractivity contribution in [1.29, 1.82) is 0 Å². The van der Waals surface area contributed by atoms with Crippen molar-refractivity contribution in [2.24, 2.45) is 0 Å². The lowest BCUT2D eigenvalue weighted by Crippen LogP contribution is -2.14. The highest BCUT2D eigenvalue weighted by Crippen LogP contribution is 2.44. The lowest BCUT2D eigenvalue weighted by molar-refractivity contribution is -0.385. The van der Waals surface area contributed by atoms with Crippen LogP contribution >= 0.6 is 0 Å². The highest BCUT2D eigenvalue weighted by atomic mass is 16.6. The van der Waals surface area contributed by atoms with Crippen LogP contribution in [0.25, 0.3) is 0 Å². The number of benzene rings is 1. The molecule has 0 radical (unpaired) electrons. The van der Waals surface area contributed by atoms with E-state index in [9.17, 15) is 10.1 Å². The van der Waals surface area contributed by atoms with E-state index < -0.39 is 0 Å². The van der Waals surface area contributed by atoms with Gasteiger partial charge in [0.25, 0.3) is 5.69 Å². The molecule has 1 N–H and O–H groups in total. The number of rotatable bonds is 3. The van der Waals surface area contributed by atoms with Gasteiger partial charge in [-0.2, -0.15) is 0 Å². The molecule has 0 bridgehead atoms. The van der Waals surface area contributed by atoms with Crippen molar-refractivity contribution in [2.75, 3.05) is 7.11 Å². The van der Waals surface area contributed by atoms with Crippen LogP contribution in [0.5, 0.6) is 5.75 Å². The van der Waals surface area contributed by atoms with Crippen LogP contribution in [0.15, 0.2) is 24.7 Å². The van der Waals surface area contributed by atoms with Crippen molar-refractivity contribution in [1.82, 2.24) is 9.97 Å². The zero-order valence-electron chi connectivity index (χ0n) is 11.1. The summed E-state index contributed by atoms with van der Waals surface area (Å²) < 4.78 is 5.42. The van der Waals surface area contributed by atoms with Crippen molar-refractivity contribution in [3.8, 4) is 5.75 Å². The van der Waals surface area contributed by atoms with Gasteiger partial charge in [0.2, 0.25) is 0 Å². The summed E-state index contributed by atoms with van der Waals surface area (Å²) in [7, 11) is 1.60. The highest BCUT2D eigenvalue weighted by Gasteiger charge is 2.31. The number of nitro benzene ring substituents is 1. The lowest BCUT2D eigenvalue weighted by atomic mass is 9.80. The van der Waals surface area contributed by atoms with Gasteiger partial charge in [-0.3, -0.25) is 10.1 Å². The molecule has 1 aliphatic rings. The number of fused-ring (bicyclic) bond motifs is 1. The van der Waals surface area contributed by atoms with Gasteiger partial charge in [0.05, 0.1) is 18.4 Å². The topological polar surface area (TPSA) is 81.1 Å². The van der Waals surface area contributed by atoms with Crippen LogP contribution in [-0.2, 0) is 6.42 Å². The largest absolute Gasteiger partial charge is 0.496 e. The fourth-order valence-corrected chi connectivity index (χ4v) is 3.02. The zero-order chi connectivity index (χ0) is 14.1. The Morgan fingerprint density at radius 1 is 1.50 bits per heavy atom. The van der Waals surface area contributed by atoms with Gasteiger partial charge in [-0.15, -0.1) is 0 Å². The number of nitrogens with one attached hydrogen (secondary N) is 1. The van der Waals surface area contributed by atoms with Crippen LogP contribution in [-0.4, -0.2) is 22.0 Å². The predicted octanol–water partition coefficient (Wildman–Crippen LogP) is 2.79. The summed E-state index contributed by atoms with van der Waals surface area (Å²) >= 11 is 0. The molecule has 20 heavy (non-hydrogen) atoms. The molecule has 0 saturated carbocycles. The number of hydrogen-bond acceptors (Lipinski definition) is 4. The number of H-pyrrole nitrogens is 1. The van der Waals surface area contributed by atoms with Crippen molar-refractivity contribution in [3.63, 3.8) is 0 Å². The highest BCUT2D eigenvalue weighted by molar-refractivity contribution is 5.56. The Hall–Kier alpha value is -2.37. The molecule has 1 aliphatic carbocycles. The van der Waals surface area contributed by atoms with Crippen LogP contribution in [0.3, 0.4) is 0 Å². The Bertz CT molecular complexity index is 637. The van der Waals surface area contributed by atoms with Gasteiger partial charge >= 0.3 is 0 Å². The van der Waals surface area contributed by atoms with E-state index in [-0.39, 0.29) is 16.5 Å². The van der Waals surface area contributed by atoms with Crippen LogP contribution in [0.2, 0.25) is 0 Å². The Kier molecular flexibility index (Phi) is 3.14. The normalized spacial score (nSPS) is 17.6. The third-order valence-corrected chi connectivity index (χ3v) is 3.87. The summed E-state index contributed by atoms with van der Waals surface area (Å²) in [6, 6.07) is 3.22. The van der Waals surface area contributed by atoms with Crippen molar-refractivity contribution in [3.05, 3.63) is 51.6 Å². The molecule has 6 heteroatoms. The maximum Gasteiger partial charge on any atom is 0.273 e. The average molecular weight is 273 g/mol. The number of aromatic amines is 1. The number of nitrogens with zero attached hydrogens (tertiary/aromatic N) is 2. The number of aromatic nitrogens is 2. The number of nitro groups is 1. The summed E-state index contributed by atoms with van der Waals surface area (Å²) in [6.45, 7) is 0. The first-order valence-electron chi connectivity index (χ1n) is 6.54. The molecule has 1 aromatic heterocycles. The average Bonchev–Trinajstić information content (AvgIpc) is 2.99. The van der Waals surface area contributed by atoms with Crippen LogP contribution in [0, 0.1) is 10.1 Å². The first-order chi connectivity index (χ1) is 9.72. The van der Waals surface area contributed by atoms with Gasteiger partial charge in [-0.05, 0) is 25.3 Å². The number of imidazole rings is 1. The smallest absolute Gasteiger partial charge is 0.273 e. The van der Waals surface area contributed by atoms with Crippen LogP contribution in [0.4, 0.5) is 5.69 Å². The molecule has 0 aliphatic heterocycles. The quantitative estimate of drug-likeness (QED) is 0.688. The third kappa shape index (κ3) is 1.93. The monoisotopic (exact) mass is 273 g/mol. The molecular formula is C14H15N3O3. The zero-order valence-corrected chi connectivity index (χ0v) is 11.1. The standard InChI is InChI=1S/C14H15N3O3/c1-20-13-6-5-12(17(18)19)10-4-2-3-9(14(10)13)11-7-15-8-16-11/h5-9H,2-4H2,1H3,(H,15,16). The number of hydrogen-bond donors (Lipinski definition) is 1. The maximum absolute atomic E-state index is 11.2. The van der Waals surface area contributed by atoms with Crippen LogP contribution < -0.4 is 4.74 Å². The minimum absolute atomic E-state index is 0.0797. The Balaban J connectivity index is 2.20. The number of ether oxygens (including phenoxy) is 1. The lowest BCUT2D eigenvalue weighted by Gasteiger charge is -2.26. The van der Waals surface area contributed by atoms with Crippen molar-refractivity contribution >= 4 is 5.69 Å². The third-order valence-electron chi connectivity index (χ3n) is 3.87. The number of methoxy groups -OCH3 is 1. The fourth-order valence-electron chi connectivity index (χ4n) is 3.02. The van der Waals surface area contributed by atoms with E-state index >= 15 is 0 Å². The minimum atomic E-state index is -0.312. The molecule has 1 aromatic carbocycles. The summed E-state index contributed by atoms with van der Waals surface area (Å²) in [4.78, 5) is 18.1. The first kappa shape index (κ1) is 12.7. The van der Waals surface area contributed by atoms with E-state index in [1.807, 2.05) is 0 Å². The molecule has 1 atom stereocenters. The van der Waals surface area contributed by atoms with E-state index in [1.54, 1.807) is 25.7 Å². The molecule has 3 rings (SSSR count). The maximum atomic E-state index is 11.2. The first-order valence-corrected chi connectivity index (χ1v) is 6.54. The molecule has 1 heterocycles. The van der Waals surface area contributed by atoms with Gasteiger partial charge in [0, 0.05) is 35.0 Å². The fraction of sp³-hybridized carbons (Fsp3) is 0.357. The molecule has 6 nitrogen and oxygen atoms in total. The van der Waals surface area contributed by atoms with E-state index in [1.165, 1.54) is 6.07 Å². The second-order valence-corrected chi connectivity index (χ2v) is 4.89. The SMILES string of the molecule is COc1ccc([N+](=O)[O-])c2c1C(c1cnc[nH]1)CCC2. The van der Waals surface area contributed by atoms with E-state index in [0.29, 0.717) is 12.2 Å². The summed E-state index contributed by atoms with van der Waals surface area (Å²) in [5, 5.41) is 11.2. The van der Waals surface area contributed by atoms with E-state index in [4.69, 9.17) is 4.74 Å². The van der Waals surface area contributed by atoms with Crippen molar-refractivity contribution in [2.45, 2.75) is 25.2 Å². The molecule has 2 aromatic rings. The Labute approximate surface area is 116 Å². The Morgan fingerprint density at radius 3 is 3.00 bits per heavy atom. The van der Waals surface area contributed by atoms with Gasteiger partial charge in [0.15, 0.2) is 0 Å². The van der Waals surface area contributed by atoms with E-state index in [0.717, 1.165) is 29.7 Å². The van der Waals surface area contributed by atoms with Crippen molar-refractivity contribution < 1.29 is 9.66 Å². The molecule has 1 unspecified atom stereocenters. The van der Waals surface area contributed by atoms with Gasteiger partial charge in [0.1, 0.15) is 5.75 Å². The summed E-state index contributed by atoms with van der Waals surface area (Å²) in [5.74, 6) is 0.793. The predicted molar refractivity (Wildman–Crippen MR) is 73.0 cm³/mol. The Morgan fingerprint density at radius 2 is 2.35 bits per heavy atom. The molecule has 0 spiro atoms.